The van der Waals surface area contributed by atoms with E-state index in [0.717, 1.165) is 28.6 Å². The molecule has 0 aromatic heterocycles. The van der Waals surface area contributed by atoms with Gasteiger partial charge in [0, 0.05) is 36.5 Å². The molecule has 2 aromatic rings. The Kier molecular flexibility index (Phi) is 6.79. The number of amides is 1. The molecule has 7 nitrogen and oxygen atoms in total. The maximum atomic E-state index is 12.6. The van der Waals surface area contributed by atoms with Crippen LogP contribution < -0.4 is 10.2 Å². The number of carbonyl (C=O) groups excluding carboxylic acids is 1. The molecular formula is C20H24ClN3O4S. The third-order valence-electron chi connectivity index (χ3n) is 4.75. The number of rotatable bonds is 6. The van der Waals surface area contributed by atoms with E-state index in [4.69, 9.17) is 16.3 Å². The summed E-state index contributed by atoms with van der Waals surface area (Å²) in [5.41, 5.74) is 2.64. The first-order chi connectivity index (χ1) is 13.8. The Bertz CT molecular complexity index is 974. The minimum atomic E-state index is -3.78. The minimum Gasteiger partial charge on any atom is -0.378 e. The Morgan fingerprint density at radius 1 is 1.17 bits per heavy atom. The summed E-state index contributed by atoms with van der Waals surface area (Å²) in [7, 11) is -2.41. The molecule has 1 aliphatic rings. The van der Waals surface area contributed by atoms with Crippen LogP contribution in [0.25, 0.3) is 0 Å². The lowest BCUT2D eigenvalue weighted by molar-refractivity contribution is -0.116. The van der Waals surface area contributed by atoms with Gasteiger partial charge in [-0.15, -0.1) is 0 Å². The standard InChI is InChI=1S/C20H24ClN3O4S/c1-15-13-17(24-9-11-28-12-10-24)5-8-19(15)22-20(25)14-23(2)29(26,27)18-6-3-16(21)4-7-18/h3-8,13H,9-12,14H2,1-2H3,(H,22,25). The summed E-state index contributed by atoms with van der Waals surface area (Å²) in [6, 6.07) is 11.6. The maximum Gasteiger partial charge on any atom is 0.243 e. The molecule has 9 heteroatoms. The van der Waals surface area contributed by atoms with Crippen LogP contribution in [0.5, 0.6) is 0 Å². The number of likely N-dealkylation sites (N-methyl/N-ethyl adjacent to an activating group) is 1. The summed E-state index contributed by atoms with van der Waals surface area (Å²) in [5.74, 6) is -0.410. The fourth-order valence-corrected chi connectivity index (χ4v) is 4.32. The van der Waals surface area contributed by atoms with Crippen molar-refractivity contribution in [2.24, 2.45) is 0 Å². The molecule has 2 aromatic carbocycles. The van der Waals surface area contributed by atoms with Crippen LogP contribution in [-0.2, 0) is 19.6 Å². The van der Waals surface area contributed by atoms with E-state index in [-0.39, 0.29) is 11.4 Å². The van der Waals surface area contributed by atoms with Crippen LogP contribution >= 0.6 is 11.6 Å². The van der Waals surface area contributed by atoms with Crippen molar-refractivity contribution >= 4 is 38.9 Å². The normalized spacial score (nSPS) is 14.8. The third-order valence-corrected chi connectivity index (χ3v) is 6.82. The van der Waals surface area contributed by atoms with Crippen LogP contribution in [0.2, 0.25) is 5.02 Å². The number of morpholine rings is 1. The number of aryl methyl sites for hydroxylation is 1. The predicted molar refractivity (Wildman–Crippen MR) is 114 cm³/mol. The lowest BCUT2D eigenvalue weighted by atomic mass is 10.1. The summed E-state index contributed by atoms with van der Waals surface area (Å²) in [6.45, 7) is 4.68. The Morgan fingerprint density at radius 2 is 1.83 bits per heavy atom. The highest BCUT2D eigenvalue weighted by atomic mass is 35.5. The number of anilines is 2. The molecule has 1 saturated heterocycles. The van der Waals surface area contributed by atoms with Crippen molar-refractivity contribution in [2.45, 2.75) is 11.8 Å². The predicted octanol–water partition coefficient (Wildman–Crippen LogP) is 2.74. The molecule has 156 valence electrons. The quantitative estimate of drug-likeness (QED) is 0.751. The van der Waals surface area contributed by atoms with Crippen molar-refractivity contribution in [1.82, 2.24) is 4.31 Å². The zero-order valence-electron chi connectivity index (χ0n) is 16.4. The zero-order valence-corrected chi connectivity index (χ0v) is 18.0. The van der Waals surface area contributed by atoms with Crippen molar-refractivity contribution in [2.75, 3.05) is 50.1 Å². The smallest absolute Gasteiger partial charge is 0.243 e. The van der Waals surface area contributed by atoms with Crippen molar-refractivity contribution in [3.8, 4) is 0 Å². The fourth-order valence-electron chi connectivity index (χ4n) is 3.07. The van der Waals surface area contributed by atoms with E-state index in [9.17, 15) is 13.2 Å². The highest BCUT2D eigenvalue weighted by Gasteiger charge is 2.23. The molecule has 1 heterocycles. The van der Waals surface area contributed by atoms with Gasteiger partial charge in [-0.1, -0.05) is 11.6 Å². The highest BCUT2D eigenvalue weighted by Crippen LogP contribution is 2.24. The van der Waals surface area contributed by atoms with Gasteiger partial charge in [-0.2, -0.15) is 4.31 Å². The molecule has 0 atom stereocenters. The number of ether oxygens (including phenoxy) is 1. The number of halogens is 1. The van der Waals surface area contributed by atoms with E-state index in [1.807, 2.05) is 25.1 Å². The number of nitrogens with one attached hydrogen (secondary N) is 1. The van der Waals surface area contributed by atoms with Crippen LogP contribution in [0, 0.1) is 6.92 Å². The maximum absolute atomic E-state index is 12.6. The molecule has 1 aliphatic heterocycles. The molecule has 1 amide bonds. The summed E-state index contributed by atoms with van der Waals surface area (Å²) in [5, 5.41) is 3.24. The Labute approximate surface area is 176 Å². The zero-order chi connectivity index (χ0) is 21.0. The van der Waals surface area contributed by atoms with Gasteiger partial charge >= 0.3 is 0 Å². The minimum absolute atomic E-state index is 0.0863. The average Bonchev–Trinajstić information content (AvgIpc) is 2.70. The molecule has 0 unspecified atom stereocenters. The Morgan fingerprint density at radius 3 is 2.45 bits per heavy atom. The topological polar surface area (TPSA) is 79.0 Å². The number of sulfonamides is 1. The molecule has 0 radical (unpaired) electrons. The van der Waals surface area contributed by atoms with Gasteiger partial charge in [0.15, 0.2) is 0 Å². The van der Waals surface area contributed by atoms with Gasteiger partial charge in [-0.3, -0.25) is 4.79 Å². The van der Waals surface area contributed by atoms with Crippen molar-refractivity contribution in [1.29, 1.82) is 0 Å². The van der Waals surface area contributed by atoms with Gasteiger partial charge in [0.2, 0.25) is 15.9 Å². The summed E-state index contributed by atoms with van der Waals surface area (Å²) in [4.78, 5) is 14.7. The van der Waals surface area contributed by atoms with E-state index >= 15 is 0 Å². The SMILES string of the molecule is Cc1cc(N2CCOCC2)ccc1NC(=O)CN(C)S(=O)(=O)c1ccc(Cl)cc1. The summed E-state index contributed by atoms with van der Waals surface area (Å²) in [6.07, 6.45) is 0. The van der Waals surface area contributed by atoms with Gasteiger partial charge in [-0.25, -0.2) is 8.42 Å². The van der Waals surface area contributed by atoms with Crippen molar-refractivity contribution < 1.29 is 17.9 Å². The van der Waals surface area contributed by atoms with E-state index < -0.39 is 15.9 Å². The van der Waals surface area contributed by atoms with Gasteiger partial charge in [0.05, 0.1) is 24.7 Å². The molecule has 0 bridgehead atoms. The lowest BCUT2D eigenvalue weighted by Crippen LogP contribution is -2.36. The van der Waals surface area contributed by atoms with E-state index in [1.54, 1.807) is 0 Å². The number of hydrogen-bond acceptors (Lipinski definition) is 5. The average molecular weight is 438 g/mol. The van der Waals surface area contributed by atoms with Gasteiger partial charge in [-0.05, 0) is 55.0 Å². The van der Waals surface area contributed by atoms with Crippen molar-refractivity contribution in [3.05, 3.63) is 53.1 Å². The van der Waals surface area contributed by atoms with Crippen LogP contribution in [0.3, 0.4) is 0 Å². The number of nitrogens with zero attached hydrogens (tertiary/aromatic N) is 2. The first kappa shape index (κ1) is 21.6. The fraction of sp³-hybridized carbons (Fsp3) is 0.350. The second kappa shape index (κ2) is 9.13. The third kappa shape index (κ3) is 5.27. The molecule has 1 fully saturated rings. The Hall–Kier alpha value is -2.13. The first-order valence-electron chi connectivity index (χ1n) is 9.22. The van der Waals surface area contributed by atoms with Crippen LogP contribution in [0.1, 0.15) is 5.56 Å². The first-order valence-corrected chi connectivity index (χ1v) is 11.0. The highest BCUT2D eigenvalue weighted by molar-refractivity contribution is 7.89. The molecule has 0 aliphatic carbocycles. The molecule has 0 spiro atoms. The second-order valence-electron chi connectivity index (χ2n) is 6.86. The van der Waals surface area contributed by atoms with Gasteiger partial charge in [0.25, 0.3) is 0 Å². The van der Waals surface area contributed by atoms with Crippen LogP contribution in [0.4, 0.5) is 11.4 Å². The number of carbonyl (C=O) groups is 1. The van der Waals surface area contributed by atoms with E-state index in [1.165, 1.54) is 31.3 Å². The lowest BCUT2D eigenvalue weighted by Gasteiger charge is -2.29. The van der Waals surface area contributed by atoms with E-state index in [0.29, 0.717) is 23.9 Å². The van der Waals surface area contributed by atoms with Crippen molar-refractivity contribution in [3.63, 3.8) is 0 Å². The largest absolute Gasteiger partial charge is 0.378 e. The van der Waals surface area contributed by atoms with Crippen LogP contribution in [0.15, 0.2) is 47.4 Å². The van der Waals surface area contributed by atoms with E-state index in [2.05, 4.69) is 10.2 Å². The molecule has 3 rings (SSSR count). The molecule has 1 N–H and O–H groups in total. The Balaban J connectivity index is 1.64. The second-order valence-corrected chi connectivity index (χ2v) is 9.34. The number of hydrogen-bond donors (Lipinski definition) is 1. The molecule has 29 heavy (non-hydrogen) atoms. The van der Waals surface area contributed by atoms with Gasteiger partial charge < -0.3 is 15.0 Å². The molecular weight excluding hydrogens is 414 g/mol. The molecule has 0 saturated carbocycles. The monoisotopic (exact) mass is 437 g/mol. The van der Waals surface area contributed by atoms with Crippen LogP contribution in [-0.4, -0.2) is 58.5 Å². The summed E-state index contributed by atoms with van der Waals surface area (Å²) >= 11 is 5.81. The number of benzene rings is 2. The van der Waals surface area contributed by atoms with Gasteiger partial charge in [0.1, 0.15) is 0 Å². The summed E-state index contributed by atoms with van der Waals surface area (Å²) < 4.78 is 31.6.